The first-order valence-electron chi connectivity index (χ1n) is 6.32. The summed E-state index contributed by atoms with van der Waals surface area (Å²) >= 11 is 9.14. The number of hydrogen-bond acceptors (Lipinski definition) is 3. The molecule has 2 heterocycles. The van der Waals surface area contributed by atoms with Gasteiger partial charge in [0, 0.05) is 6.07 Å². The summed E-state index contributed by atoms with van der Waals surface area (Å²) in [4.78, 5) is 8.72. The van der Waals surface area contributed by atoms with E-state index < -0.39 is 0 Å². The van der Waals surface area contributed by atoms with E-state index in [-0.39, 0.29) is 11.7 Å². The molecule has 0 N–H and O–H groups in total. The van der Waals surface area contributed by atoms with Crippen LogP contribution in [0.4, 0.5) is 4.39 Å². The number of alkyl halides is 1. The Balaban J connectivity index is 2.13. The van der Waals surface area contributed by atoms with Crippen LogP contribution in [0.15, 0.2) is 21.0 Å². The summed E-state index contributed by atoms with van der Waals surface area (Å²) in [5, 5.41) is 0. The lowest BCUT2D eigenvalue weighted by Crippen LogP contribution is -2.04. The number of imidazole rings is 1. The molecule has 2 aromatic heterocycles. The second-order valence-electron chi connectivity index (χ2n) is 4.75. The third-order valence-electron chi connectivity index (χ3n) is 3.36. The van der Waals surface area contributed by atoms with Crippen molar-refractivity contribution in [1.29, 1.82) is 0 Å². The molecule has 0 saturated heterocycles. The van der Waals surface area contributed by atoms with Gasteiger partial charge in [-0.3, -0.25) is 0 Å². The lowest BCUT2D eigenvalue weighted by atomic mass is 10.3. The van der Waals surface area contributed by atoms with E-state index in [0.717, 1.165) is 17.0 Å². The number of fused-ring (bicyclic) bond motifs is 1. The first-order chi connectivity index (χ1) is 9.99. The molecule has 0 radical (unpaired) electrons. The fourth-order valence-corrected chi connectivity index (χ4v) is 2.73. The Bertz CT molecular complexity index is 808. The maximum Gasteiger partial charge on any atom is 0.214 e. The molecule has 3 rings (SSSR count). The zero-order chi connectivity index (χ0) is 15.1. The molecule has 0 fully saturated rings. The van der Waals surface area contributed by atoms with Crippen molar-refractivity contribution in [2.24, 2.45) is 0 Å². The first-order valence-corrected chi connectivity index (χ1v) is 7.65. The van der Waals surface area contributed by atoms with Crippen molar-refractivity contribution >= 4 is 38.6 Å². The van der Waals surface area contributed by atoms with Crippen molar-refractivity contribution in [3.05, 3.63) is 45.6 Å². The van der Waals surface area contributed by atoms with Crippen LogP contribution in [0.2, 0.25) is 0 Å². The Morgan fingerprint density at radius 1 is 1.33 bits per heavy atom. The zero-order valence-electron chi connectivity index (χ0n) is 11.5. The van der Waals surface area contributed by atoms with E-state index in [1.165, 1.54) is 6.07 Å². The Morgan fingerprint density at radius 3 is 2.71 bits per heavy atom. The fraction of sp³-hybridized carbons (Fsp3) is 0.286. The Labute approximate surface area is 134 Å². The normalized spacial score (nSPS) is 11.5. The van der Waals surface area contributed by atoms with Crippen LogP contribution in [0.5, 0.6) is 0 Å². The number of oxazole rings is 1. The van der Waals surface area contributed by atoms with Gasteiger partial charge in [-0.05, 0) is 35.8 Å². The van der Waals surface area contributed by atoms with Gasteiger partial charge in [0.1, 0.15) is 23.9 Å². The van der Waals surface area contributed by atoms with Gasteiger partial charge in [0.25, 0.3) is 0 Å². The molecule has 0 atom stereocenters. The number of halogens is 3. The summed E-state index contributed by atoms with van der Waals surface area (Å²) in [5.41, 5.74) is 2.20. The molecule has 0 amide bonds. The van der Waals surface area contributed by atoms with Crippen LogP contribution in [-0.4, -0.2) is 14.5 Å². The molecule has 0 unspecified atom stereocenters. The van der Waals surface area contributed by atoms with Gasteiger partial charge in [-0.2, -0.15) is 0 Å². The summed E-state index contributed by atoms with van der Waals surface area (Å²) in [5.74, 6) is 1.89. The Hall–Kier alpha value is -1.40. The van der Waals surface area contributed by atoms with Crippen LogP contribution >= 0.6 is 27.5 Å². The van der Waals surface area contributed by atoms with Crippen LogP contribution in [0.25, 0.3) is 11.0 Å². The van der Waals surface area contributed by atoms with Crippen LogP contribution in [0, 0.1) is 19.7 Å². The predicted octanol–water partition coefficient (Wildman–Crippen LogP) is 4.33. The molecule has 0 aliphatic heterocycles. The molecule has 1 aromatic carbocycles. The van der Waals surface area contributed by atoms with Gasteiger partial charge in [0.05, 0.1) is 27.1 Å². The lowest BCUT2D eigenvalue weighted by Gasteiger charge is -2.05. The Morgan fingerprint density at radius 2 is 2.10 bits per heavy atom. The number of hydrogen-bond donors (Lipinski definition) is 0. The standard InChI is InChI=1S/C14H12BrClFN3O/c1-7-8(2)21-14(18-7)6-20-12-3-9(15)10(17)4-11(12)19-13(20)5-16/h3-4H,5-6H2,1-2H3. The van der Waals surface area contributed by atoms with E-state index in [0.29, 0.717) is 28.2 Å². The molecule has 4 nitrogen and oxygen atoms in total. The van der Waals surface area contributed by atoms with Gasteiger partial charge in [0.2, 0.25) is 5.89 Å². The van der Waals surface area contributed by atoms with E-state index >= 15 is 0 Å². The molecular formula is C14H12BrClFN3O. The number of aromatic nitrogens is 3. The van der Waals surface area contributed by atoms with Gasteiger partial charge >= 0.3 is 0 Å². The molecule has 0 bridgehead atoms. The quantitative estimate of drug-likeness (QED) is 0.643. The molecule has 0 spiro atoms. The smallest absolute Gasteiger partial charge is 0.214 e. The number of benzene rings is 1. The number of aryl methyl sites for hydroxylation is 2. The highest BCUT2D eigenvalue weighted by atomic mass is 79.9. The largest absolute Gasteiger partial charge is 0.444 e. The maximum atomic E-state index is 13.6. The van der Waals surface area contributed by atoms with Gasteiger partial charge in [0.15, 0.2) is 0 Å². The number of nitrogens with zero attached hydrogens (tertiary/aromatic N) is 3. The van der Waals surface area contributed by atoms with Crippen LogP contribution in [0.1, 0.15) is 23.2 Å². The highest BCUT2D eigenvalue weighted by Crippen LogP contribution is 2.26. The predicted molar refractivity (Wildman–Crippen MR) is 82.0 cm³/mol. The van der Waals surface area contributed by atoms with E-state index in [1.807, 2.05) is 18.4 Å². The first kappa shape index (κ1) is 14.5. The minimum absolute atomic E-state index is 0.229. The second-order valence-corrected chi connectivity index (χ2v) is 5.87. The fourth-order valence-electron chi connectivity index (χ4n) is 2.19. The third-order valence-corrected chi connectivity index (χ3v) is 4.20. The average molecular weight is 373 g/mol. The molecule has 3 aromatic rings. The van der Waals surface area contributed by atoms with Crippen molar-refractivity contribution in [3.8, 4) is 0 Å². The summed E-state index contributed by atoms with van der Waals surface area (Å²) in [7, 11) is 0. The second kappa shape index (κ2) is 5.42. The molecule has 0 aliphatic carbocycles. The van der Waals surface area contributed by atoms with Gasteiger partial charge < -0.3 is 8.98 Å². The van der Waals surface area contributed by atoms with Crippen LogP contribution in [0.3, 0.4) is 0 Å². The molecular weight excluding hydrogens is 361 g/mol. The monoisotopic (exact) mass is 371 g/mol. The van der Waals surface area contributed by atoms with E-state index in [9.17, 15) is 4.39 Å². The number of rotatable bonds is 3. The SMILES string of the molecule is Cc1nc(Cn2c(CCl)nc3cc(F)c(Br)cc32)oc1C. The van der Waals surface area contributed by atoms with Crippen molar-refractivity contribution in [1.82, 2.24) is 14.5 Å². The summed E-state index contributed by atoms with van der Waals surface area (Å²) in [6, 6.07) is 3.08. The van der Waals surface area contributed by atoms with Crippen molar-refractivity contribution in [2.45, 2.75) is 26.3 Å². The lowest BCUT2D eigenvalue weighted by molar-refractivity contribution is 0.457. The van der Waals surface area contributed by atoms with Crippen molar-refractivity contribution in [2.75, 3.05) is 0 Å². The third kappa shape index (κ3) is 2.58. The summed E-state index contributed by atoms with van der Waals surface area (Å²) < 4.78 is 21.5. The van der Waals surface area contributed by atoms with E-state index in [2.05, 4.69) is 25.9 Å². The van der Waals surface area contributed by atoms with E-state index in [4.69, 9.17) is 16.0 Å². The van der Waals surface area contributed by atoms with Gasteiger partial charge in [-0.1, -0.05) is 0 Å². The summed E-state index contributed by atoms with van der Waals surface area (Å²) in [6.07, 6.45) is 0. The molecule has 110 valence electrons. The van der Waals surface area contributed by atoms with Gasteiger partial charge in [-0.15, -0.1) is 11.6 Å². The van der Waals surface area contributed by atoms with Crippen molar-refractivity contribution in [3.63, 3.8) is 0 Å². The van der Waals surface area contributed by atoms with Crippen LogP contribution < -0.4 is 0 Å². The highest BCUT2D eigenvalue weighted by molar-refractivity contribution is 9.10. The van der Waals surface area contributed by atoms with Crippen LogP contribution in [-0.2, 0) is 12.4 Å². The summed E-state index contributed by atoms with van der Waals surface area (Å²) in [6.45, 7) is 4.17. The molecule has 0 saturated carbocycles. The molecule has 0 aliphatic rings. The molecule has 7 heteroatoms. The topological polar surface area (TPSA) is 43.9 Å². The minimum atomic E-state index is -0.351. The average Bonchev–Trinajstić information content (AvgIpc) is 2.92. The van der Waals surface area contributed by atoms with E-state index in [1.54, 1.807) is 6.07 Å². The van der Waals surface area contributed by atoms with Crippen molar-refractivity contribution < 1.29 is 8.81 Å². The zero-order valence-corrected chi connectivity index (χ0v) is 13.8. The minimum Gasteiger partial charge on any atom is -0.444 e. The molecule has 21 heavy (non-hydrogen) atoms. The van der Waals surface area contributed by atoms with Gasteiger partial charge in [-0.25, -0.2) is 14.4 Å². The Kier molecular flexibility index (Phi) is 3.75. The highest BCUT2D eigenvalue weighted by Gasteiger charge is 2.15. The maximum absolute atomic E-state index is 13.6.